The number of hydrogen-bond acceptors (Lipinski definition) is 5. The number of primary amides is 1. The first-order valence-electron chi connectivity index (χ1n) is 9.19. The van der Waals surface area contributed by atoms with Crippen LogP contribution in [0, 0.1) is 0 Å². The van der Waals surface area contributed by atoms with Crippen molar-refractivity contribution < 1.29 is 14.4 Å². The quantitative estimate of drug-likeness (QED) is 0.345. The lowest BCUT2D eigenvalue weighted by molar-refractivity contribution is -0.137. The van der Waals surface area contributed by atoms with Gasteiger partial charge in [-0.2, -0.15) is 5.10 Å². The summed E-state index contributed by atoms with van der Waals surface area (Å²) in [5.74, 6) is -2.62. The Morgan fingerprint density at radius 1 is 1.07 bits per heavy atom. The predicted molar refractivity (Wildman–Crippen MR) is 109 cm³/mol. The minimum Gasteiger partial charge on any atom is -0.363 e. The smallest absolute Gasteiger partial charge is 0.287 e. The molecule has 0 spiro atoms. The second-order valence-corrected chi connectivity index (χ2v) is 6.68. The van der Waals surface area contributed by atoms with Gasteiger partial charge in [0.05, 0.1) is 11.3 Å². The zero-order chi connectivity index (χ0) is 21.1. The van der Waals surface area contributed by atoms with Gasteiger partial charge in [0.1, 0.15) is 6.04 Å². The summed E-state index contributed by atoms with van der Waals surface area (Å²) in [5, 5.41) is 10.1. The van der Waals surface area contributed by atoms with Crippen LogP contribution in [0.4, 0.5) is 0 Å². The first-order chi connectivity index (χ1) is 14.5. The second-order valence-electron chi connectivity index (χ2n) is 6.68. The minimum absolute atomic E-state index is 0.0647. The second kappa shape index (κ2) is 8.00. The van der Waals surface area contributed by atoms with E-state index in [9.17, 15) is 14.4 Å². The number of fused-ring (bicyclic) bond motifs is 1. The van der Waals surface area contributed by atoms with Gasteiger partial charge in [0.15, 0.2) is 5.69 Å². The van der Waals surface area contributed by atoms with Crippen LogP contribution in [0.1, 0.15) is 16.1 Å². The predicted octanol–water partition coefficient (Wildman–Crippen LogP) is 1.35. The number of H-pyrrole nitrogens is 2. The summed E-state index contributed by atoms with van der Waals surface area (Å²) < 4.78 is 0. The van der Waals surface area contributed by atoms with Crippen molar-refractivity contribution in [3.63, 3.8) is 0 Å². The Labute approximate surface area is 170 Å². The number of carbonyl (C=O) groups excluding carboxylic acids is 3. The molecule has 0 aliphatic carbocycles. The van der Waals surface area contributed by atoms with Crippen LogP contribution in [-0.2, 0) is 16.0 Å². The number of carbonyl (C=O) groups is 3. The normalized spacial score (nSPS) is 11.9. The third-order valence-corrected chi connectivity index (χ3v) is 4.76. The molecule has 30 heavy (non-hydrogen) atoms. The molecule has 0 saturated carbocycles. The molecule has 0 bridgehead atoms. The van der Waals surface area contributed by atoms with E-state index in [4.69, 9.17) is 5.73 Å². The van der Waals surface area contributed by atoms with Crippen LogP contribution < -0.4 is 11.1 Å². The number of ketones is 1. The summed E-state index contributed by atoms with van der Waals surface area (Å²) in [5.41, 5.74) is 7.96. The summed E-state index contributed by atoms with van der Waals surface area (Å²) in [4.78, 5) is 44.2. The maximum atomic E-state index is 12.9. The van der Waals surface area contributed by atoms with Crippen LogP contribution in [0.25, 0.3) is 22.2 Å². The van der Waals surface area contributed by atoms with E-state index in [1.165, 1.54) is 0 Å². The number of nitrogens with zero attached hydrogens (tertiary/aromatic N) is 2. The number of para-hydroxylation sites is 1. The van der Waals surface area contributed by atoms with Crippen molar-refractivity contribution in [1.29, 1.82) is 0 Å². The van der Waals surface area contributed by atoms with Crippen LogP contribution in [0.5, 0.6) is 0 Å². The van der Waals surface area contributed by atoms with Gasteiger partial charge in [0.2, 0.25) is 5.78 Å². The van der Waals surface area contributed by atoms with Crippen molar-refractivity contribution in [2.24, 2.45) is 5.73 Å². The van der Waals surface area contributed by atoms with E-state index in [2.05, 4.69) is 25.5 Å². The van der Waals surface area contributed by atoms with E-state index in [1.54, 1.807) is 36.8 Å². The lowest BCUT2D eigenvalue weighted by atomic mass is 10.0. The molecule has 0 radical (unpaired) electrons. The first kappa shape index (κ1) is 19.1. The third-order valence-electron chi connectivity index (χ3n) is 4.76. The van der Waals surface area contributed by atoms with Gasteiger partial charge >= 0.3 is 0 Å². The molecule has 2 amide bonds. The Balaban J connectivity index is 1.62. The number of Topliss-reactive ketones (excluding diaryl/α,β-unsaturated/α-hetero) is 1. The molecule has 0 saturated heterocycles. The number of nitrogens with one attached hydrogen (secondary N) is 3. The van der Waals surface area contributed by atoms with Gasteiger partial charge in [-0.15, -0.1) is 0 Å². The Kier molecular flexibility index (Phi) is 5.08. The topological polar surface area (TPSA) is 147 Å². The highest BCUT2D eigenvalue weighted by molar-refractivity contribution is 6.38. The number of benzene rings is 1. The number of aromatic amines is 2. The molecule has 5 N–H and O–H groups in total. The summed E-state index contributed by atoms with van der Waals surface area (Å²) in [7, 11) is 0. The van der Waals surface area contributed by atoms with E-state index in [1.807, 2.05) is 24.3 Å². The molecule has 4 aromatic rings. The van der Waals surface area contributed by atoms with Crippen LogP contribution in [-0.4, -0.2) is 43.8 Å². The Morgan fingerprint density at radius 2 is 1.87 bits per heavy atom. The fourth-order valence-corrected chi connectivity index (χ4v) is 3.31. The molecule has 4 rings (SSSR count). The van der Waals surface area contributed by atoms with Crippen LogP contribution in [0.3, 0.4) is 0 Å². The molecule has 9 heteroatoms. The summed E-state index contributed by atoms with van der Waals surface area (Å²) >= 11 is 0. The Hall–Kier alpha value is -4.27. The molecule has 150 valence electrons. The van der Waals surface area contributed by atoms with Gasteiger partial charge in [0, 0.05) is 35.9 Å². The van der Waals surface area contributed by atoms with Crippen molar-refractivity contribution in [3.8, 4) is 11.3 Å². The number of nitrogens with two attached hydrogens (primary N) is 1. The SMILES string of the molecule is NC(=O)C(=O)C(Cc1c[nH]c2ccccc12)NC(=O)c1n[nH]cc1-c1ccccn1. The zero-order valence-electron chi connectivity index (χ0n) is 15.8. The molecular weight excluding hydrogens is 384 g/mol. The highest BCUT2D eigenvalue weighted by atomic mass is 16.2. The Morgan fingerprint density at radius 3 is 2.63 bits per heavy atom. The molecule has 3 aromatic heterocycles. The number of hydrogen-bond donors (Lipinski definition) is 4. The van der Waals surface area contributed by atoms with Gasteiger partial charge in [-0.1, -0.05) is 24.3 Å². The number of pyridine rings is 1. The molecule has 1 atom stereocenters. The maximum Gasteiger partial charge on any atom is 0.287 e. The molecule has 9 nitrogen and oxygen atoms in total. The van der Waals surface area contributed by atoms with Crippen LogP contribution >= 0.6 is 0 Å². The average Bonchev–Trinajstić information content (AvgIpc) is 3.41. The fraction of sp³-hybridized carbons (Fsp3) is 0.0952. The van der Waals surface area contributed by atoms with Gasteiger partial charge in [-0.3, -0.25) is 24.5 Å². The molecule has 0 aliphatic rings. The average molecular weight is 402 g/mol. The lowest BCUT2D eigenvalue weighted by Crippen LogP contribution is -2.47. The third kappa shape index (κ3) is 3.68. The molecule has 0 aliphatic heterocycles. The summed E-state index contributed by atoms with van der Waals surface area (Å²) in [6.07, 6.45) is 4.98. The van der Waals surface area contributed by atoms with Crippen molar-refractivity contribution in [1.82, 2.24) is 25.5 Å². The molecular formula is C21H18N6O3. The van der Waals surface area contributed by atoms with Crippen molar-refractivity contribution in [3.05, 3.63) is 72.3 Å². The summed E-state index contributed by atoms with van der Waals surface area (Å²) in [6.45, 7) is 0. The fourth-order valence-electron chi connectivity index (χ4n) is 3.31. The van der Waals surface area contributed by atoms with Gasteiger partial charge in [-0.25, -0.2) is 0 Å². The molecule has 0 fully saturated rings. The number of aromatic nitrogens is 4. The van der Waals surface area contributed by atoms with Crippen LogP contribution in [0.2, 0.25) is 0 Å². The highest BCUT2D eigenvalue weighted by Crippen LogP contribution is 2.21. The molecule has 1 unspecified atom stereocenters. The maximum absolute atomic E-state index is 12.9. The van der Waals surface area contributed by atoms with Crippen molar-refractivity contribution in [2.45, 2.75) is 12.5 Å². The molecule has 1 aromatic carbocycles. The molecule has 3 heterocycles. The minimum atomic E-state index is -1.14. The van der Waals surface area contributed by atoms with E-state index >= 15 is 0 Å². The first-order valence-corrected chi connectivity index (χ1v) is 9.19. The van der Waals surface area contributed by atoms with Crippen LogP contribution in [0.15, 0.2) is 61.1 Å². The van der Waals surface area contributed by atoms with Crippen molar-refractivity contribution in [2.75, 3.05) is 0 Å². The van der Waals surface area contributed by atoms with E-state index < -0.39 is 23.6 Å². The lowest BCUT2D eigenvalue weighted by Gasteiger charge is -2.15. The van der Waals surface area contributed by atoms with Gasteiger partial charge < -0.3 is 16.0 Å². The van der Waals surface area contributed by atoms with Crippen molar-refractivity contribution >= 4 is 28.5 Å². The van der Waals surface area contributed by atoms with E-state index in [0.717, 1.165) is 16.5 Å². The van der Waals surface area contributed by atoms with Gasteiger partial charge in [-0.05, 0) is 23.8 Å². The Bertz CT molecular complexity index is 1230. The summed E-state index contributed by atoms with van der Waals surface area (Å²) in [6, 6.07) is 11.7. The number of amides is 2. The van der Waals surface area contributed by atoms with E-state index in [0.29, 0.717) is 11.3 Å². The highest BCUT2D eigenvalue weighted by Gasteiger charge is 2.28. The monoisotopic (exact) mass is 402 g/mol. The zero-order valence-corrected chi connectivity index (χ0v) is 15.8. The number of rotatable bonds is 7. The largest absolute Gasteiger partial charge is 0.363 e. The van der Waals surface area contributed by atoms with Gasteiger partial charge in [0.25, 0.3) is 11.8 Å². The van der Waals surface area contributed by atoms with E-state index in [-0.39, 0.29) is 12.1 Å². The standard InChI is InChI=1S/C21H18N6O3/c22-20(29)19(28)17(9-12-10-24-15-6-2-1-5-13(12)15)26-21(30)18-14(11-25-27-18)16-7-3-4-8-23-16/h1-8,10-11,17,24H,9H2,(H2,22,29)(H,25,27)(H,26,30).